The standard InChI is InChI=1S/C15H19NO2.C11H13NO2/c1-10(2)8-18-14-7-13-5-6-16(9-17)15(13)12(4)11(14)3;1-7-8(2)11-9(5-10(7)14)3-4-12(11)6-13/h7,9H,1,5-6,8H2,2-4H3;5-6,14H,3-4H2,1-2H3. The maximum Gasteiger partial charge on any atom is 0.214 e. The molecule has 0 saturated heterocycles. The van der Waals surface area contributed by atoms with E-state index in [0.29, 0.717) is 12.4 Å². The maximum absolute atomic E-state index is 11.0. The zero-order valence-corrected chi connectivity index (χ0v) is 19.6. The number of nitrogens with zero attached hydrogens (tertiary/aromatic N) is 2. The average Bonchev–Trinajstić information content (AvgIpc) is 3.37. The normalized spacial score (nSPS) is 13.8. The van der Waals surface area contributed by atoms with E-state index < -0.39 is 0 Å². The third-order valence-corrected chi connectivity index (χ3v) is 6.36. The Labute approximate surface area is 190 Å². The molecule has 2 aliphatic rings. The summed E-state index contributed by atoms with van der Waals surface area (Å²) in [7, 11) is 0. The van der Waals surface area contributed by atoms with Crippen molar-refractivity contribution in [2.45, 2.75) is 47.5 Å². The second-order valence-corrected chi connectivity index (χ2v) is 8.63. The van der Waals surface area contributed by atoms with Gasteiger partial charge >= 0.3 is 0 Å². The Bertz CT molecular complexity index is 1070. The second-order valence-electron chi connectivity index (χ2n) is 8.63. The van der Waals surface area contributed by atoms with Gasteiger partial charge in [0.05, 0.1) is 11.4 Å². The Morgan fingerprint density at radius 1 is 0.938 bits per heavy atom. The second kappa shape index (κ2) is 9.47. The minimum atomic E-state index is 0.328. The van der Waals surface area contributed by atoms with Crippen molar-refractivity contribution < 1.29 is 19.4 Å². The van der Waals surface area contributed by atoms with Crippen LogP contribution in [0.4, 0.5) is 11.4 Å². The lowest BCUT2D eigenvalue weighted by atomic mass is 10.0. The molecular weight excluding hydrogens is 404 g/mol. The van der Waals surface area contributed by atoms with Gasteiger partial charge in [0.2, 0.25) is 12.8 Å². The lowest BCUT2D eigenvalue weighted by Crippen LogP contribution is -2.18. The third-order valence-electron chi connectivity index (χ3n) is 6.36. The number of carbonyl (C=O) groups is 2. The molecule has 4 rings (SSSR count). The molecule has 32 heavy (non-hydrogen) atoms. The van der Waals surface area contributed by atoms with E-state index in [-0.39, 0.29) is 0 Å². The van der Waals surface area contributed by atoms with Crippen LogP contribution in [0.15, 0.2) is 24.3 Å². The van der Waals surface area contributed by atoms with Crippen LogP contribution in [-0.2, 0) is 22.4 Å². The zero-order valence-electron chi connectivity index (χ0n) is 19.6. The van der Waals surface area contributed by atoms with Gasteiger partial charge in [-0.05, 0) is 98.5 Å². The summed E-state index contributed by atoms with van der Waals surface area (Å²) in [5, 5.41) is 9.62. The smallest absolute Gasteiger partial charge is 0.214 e. The molecule has 0 unspecified atom stereocenters. The number of amides is 2. The molecule has 0 aliphatic carbocycles. The summed E-state index contributed by atoms with van der Waals surface area (Å²) in [6.45, 7) is 15.7. The van der Waals surface area contributed by atoms with Crippen LogP contribution in [0.2, 0.25) is 0 Å². The Morgan fingerprint density at radius 2 is 1.44 bits per heavy atom. The summed E-state index contributed by atoms with van der Waals surface area (Å²) in [4.78, 5) is 25.3. The molecule has 2 amide bonds. The number of phenolic OH excluding ortho intramolecular Hbond substituents is 1. The van der Waals surface area contributed by atoms with Gasteiger partial charge in [-0.2, -0.15) is 0 Å². The molecule has 0 aromatic heterocycles. The SMILES string of the molecule is C=C(C)COc1cc2c(c(C)c1C)N(C=O)CC2.Cc1c(O)cc2c(c1C)N(C=O)CC2. The Morgan fingerprint density at radius 3 is 1.94 bits per heavy atom. The number of hydrogen-bond acceptors (Lipinski definition) is 4. The van der Waals surface area contributed by atoms with E-state index in [0.717, 1.165) is 89.3 Å². The number of hydrogen-bond donors (Lipinski definition) is 1. The highest BCUT2D eigenvalue weighted by Gasteiger charge is 2.24. The molecule has 170 valence electrons. The summed E-state index contributed by atoms with van der Waals surface area (Å²) in [5.74, 6) is 1.23. The van der Waals surface area contributed by atoms with Gasteiger partial charge in [0.15, 0.2) is 0 Å². The van der Waals surface area contributed by atoms with Crippen molar-refractivity contribution in [3.63, 3.8) is 0 Å². The zero-order chi connectivity index (χ0) is 23.6. The molecule has 0 bridgehead atoms. The van der Waals surface area contributed by atoms with Crippen LogP contribution in [0.5, 0.6) is 11.5 Å². The molecule has 0 saturated carbocycles. The monoisotopic (exact) mass is 436 g/mol. The van der Waals surface area contributed by atoms with Crippen molar-refractivity contribution in [1.29, 1.82) is 0 Å². The molecule has 6 heteroatoms. The molecule has 2 heterocycles. The quantitative estimate of drug-likeness (QED) is 0.560. The van der Waals surface area contributed by atoms with Crippen LogP contribution in [0.1, 0.15) is 40.3 Å². The van der Waals surface area contributed by atoms with E-state index in [1.54, 1.807) is 15.9 Å². The van der Waals surface area contributed by atoms with Crippen LogP contribution in [0.3, 0.4) is 0 Å². The van der Waals surface area contributed by atoms with Crippen molar-refractivity contribution in [3.05, 3.63) is 57.7 Å². The number of rotatable bonds is 5. The van der Waals surface area contributed by atoms with Crippen LogP contribution < -0.4 is 14.5 Å². The number of fused-ring (bicyclic) bond motifs is 2. The average molecular weight is 437 g/mol. The Balaban J connectivity index is 0.000000186. The van der Waals surface area contributed by atoms with Crippen molar-refractivity contribution in [2.24, 2.45) is 0 Å². The highest BCUT2D eigenvalue weighted by Crippen LogP contribution is 2.38. The first-order valence-corrected chi connectivity index (χ1v) is 10.9. The lowest BCUT2D eigenvalue weighted by molar-refractivity contribution is -0.108. The number of aromatic hydroxyl groups is 1. The van der Waals surface area contributed by atoms with Gasteiger partial charge in [-0.25, -0.2) is 0 Å². The first-order chi connectivity index (χ1) is 15.2. The molecule has 0 atom stereocenters. The van der Waals surface area contributed by atoms with Crippen molar-refractivity contribution in [2.75, 3.05) is 29.5 Å². The minimum Gasteiger partial charge on any atom is -0.508 e. The van der Waals surface area contributed by atoms with Crippen LogP contribution >= 0.6 is 0 Å². The summed E-state index contributed by atoms with van der Waals surface area (Å²) in [5.41, 5.74) is 9.40. The molecule has 0 fully saturated rings. The molecule has 0 radical (unpaired) electrons. The summed E-state index contributed by atoms with van der Waals surface area (Å²) >= 11 is 0. The molecule has 6 nitrogen and oxygen atoms in total. The van der Waals surface area contributed by atoms with E-state index in [4.69, 9.17) is 4.74 Å². The highest BCUT2D eigenvalue weighted by molar-refractivity contribution is 5.84. The van der Waals surface area contributed by atoms with E-state index >= 15 is 0 Å². The van der Waals surface area contributed by atoms with Crippen molar-refractivity contribution >= 4 is 24.2 Å². The van der Waals surface area contributed by atoms with Crippen molar-refractivity contribution in [1.82, 2.24) is 0 Å². The van der Waals surface area contributed by atoms with Gasteiger partial charge in [-0.1, -0.05) is 6.58 Å². The fourth-order valence-electron chi connectivity index (χ4n) is 4.34. The van der Waals surface area contributed by atoms with Crippen LogP contribution in [0, 0.1) is 27.7 Å². The Kier molecular flexibility index (Phi) is 6.92. The largest absolute Gasteiger partial charge is 0.508 e. The lowest BCUT2D eigenvalue weighted by Gasteiger charge is -2.18. The first kappa shape index (κ1) is 23.4. The van der Waals surface area contributed by atoms with Gasteiger partial charge in [0, 0.05) is 13.1 Å². The molecule has 1 N–H and O–H groups in total. The molecule has 2 aromatic carbocycles. The summed E-state index contributed by atoms with van der Waals surface area (Å²) in [6, 6.07) is 3.82. The fourth-order valence-corrected chi connectivity index (χ4v) is 4.34. The number of anilines is 2. The van der Waals surface area contributed by atoms with E-state index in [1.165, 1.54) is 5.56 Å². The van der Waals surface area contributed by atoms with Gasteiger partial charge < -0.3 is 19.6 Å². The number of carbonyl (C=O) groups excluding carboxylic acids is 2. The van der Waals surface area contributed by atoms with Crippen molar-refractivity contribution in [3.8, 4) is 11.5 Å². The molecule has 2 aromatic rings. The maximum atomic E-state index is 11.0. The predicted octanol–water partition coefficient (Wildman–Crippen LogP) is 4.31. The Hall–Kier alpha value is -3.28. The topological polar surface area (TPSA) is 70.1 Å². The van der Waals surface area contributed by atoms with Gasteiger partial charge in [-0.3, -0.25) is 9.59 Å². The molecule has 0 spiro atoms. The number of phenols is 1. The number of ether oxygens (including phenoxy) is 1. The molecular formula is C26H32N2O4. The highest BCUT2D eigenvalue weighted by atomic mass is 16.5. The fraction of sp³-hybridized carbons (Fsp3) is 0.385. The summed E-state index contributed by atoms with van der Waals surface area (Å²) < 4.78 is 5.77. The van der Waals surface area contributed by atoms with Gasteiger partial charge in [0.1, 0.15) is 18.1 Å². The van der Waals surface area contributed by atoms with E-state index in [9.17, 15) is 14.7 Å². The van der Waals surface area contributed by atoms with Gasteiger partial charge in [0.25, 0.3) is 0 Å². The predicted molar refractivity (Wildman–Crippen MR) is 128 cm³/mol. The van der Waals surface area contributed by atoms with E-state index in [2.05, 4.69) is 12.6 Å². The molecule has 2 aliphatic heterocycles. The van der Waals surface area contributed by atoms with E-state index in [1.807, 2.05) is 34.6 Å². The minimum absolute atomic E-state index is 0.328. The first-order valence-electron chi connectivity index (χ1n) is 10.9. The third kappa shape index (κ3) is 4.35. The van der Waals surface area contributed by atoms with Crippen LogP contribution in [-0.4, -0.2) is 37.6 Å². The summed E-state index contributed by atoms with van der Waals surface area (Å²) in [6.07, 6.45) is 3.50. The van der Waals surface area contributed by atoms with Crippen LogP contribution in [0.25, 0.3) is 0 Å². The van der Waals surface area contributed by atoms with Gasteiger partial charge in [-0.15, -0.1) is 0 Å². The number of benzene rings is 2.